The smallest absolute Gasteiger partial charge is 0.296 e. The molecule has 0 atom stereocenters. The summed E-state index contributed by atoms with van der Waals surface area (Å²) in [6.07, 6.45) is -0.158. The summed E-state index contributed by atoms with van der Waals surface area (Å²) >= 11 is 2.20. The zero-order valence-electron chi connectivity index (χ0n) is 40.8. The number of azo groups is 3. The molecule has 406 valence electrons. The molecule has 5 aromatic carbocycles. The number of ether oxygens (including phenoxy) is 1. The Labute approximate surface area is 451 Å². The number of hydrogen-bond acceptors (Lipinski definition) is 22. The number of nitrogens with zero attached hydrogens (tertiary/aromatic N) is 10. The molecular weight excluding hydrogens is 1140 g/mol. The Bertz CT molecular complexity index is 4420. The van der Waals surface area contributed by atoms with E-state index >= 15 is 0 Å². The van der Waals surface area contributed by atoms with E-state index in [1.165, 1.54) is 31.2 Å². The van der Waals surface area contributed by atoms with Gasteiger partial charge in [-0.25, -0.2) is 9.97 Å². The molecule has 6 N–H and O–H groups in total. The number of rotatable bonds is 19. The topological polar surface area (TPSA) is 404 Å². The van der Waals surface area contributed by atoms with Gasteiger partial charge in [-0.3, -0.25) is 27.4 Å². The molecule has 0 saturated carbocycles. The molecule has 0 aliphatic heterocycles. The molecule has 8 rings (SSSR count). The Morgan fingerprint density at radius 2 is 1.37 bits per heavy atom. The van der Waals surface area contributed by atoms with Crippen molar-refractivity contribution in [2.45, 2.75) is 55.2 Å². The Balaban J connectivity index is 1.19. The number of pyridine rings is 1. The summed E-state index contributed by atoms with van der Waals surface area (Å²) in [5.41, 5.74) is 0.329. The molecule has 0 spiro atoms. The Kier molecular flexibility index (Phi) is 16.1. The SMILES string of the molecule is CC(=O)Nc1cc(S(=O)(=O)O)c2nc3c(C#N)c(C)c(N=Nc4cc(C)c(N=Nc5cc(C)c(N=Nc6nc7c(S(=O)(=O)O)cc8ccccc8c7s6)cc5SCCCS(=O)(=O)O)cc4OCCCS(=O)(=O)O)c(O)n3c2c1. The molecule has 3 aromatic heterocycles. The first-order valence-corrected chi connectivity index (χ1v) is 30.4. The van der Waals surface area contributed by atoms with Crippen molar-refractivity contribution in [3.8, 4) is 17.7 Å². The van der Waals surface area contributed by atoms with Crippen LogP contribution >= 0.6 is 23.1 Å². The first-order valence-electron chi connectivity index (χ1n) is 22.5. The average Bonchev–Trinajstić information content (AvgIpc) is 4.11. The molecule has 78 heavy (non-hydrogen) atoms. The first kappa shape index (κ1) is 56.7. The molecule has 1 amide bonds. The quantitative estimate of drug-likeness (QED) is 0.0190. The van der Waals surface area contributed by atoms with Gasteiger partial charge in [-0.1, -0.05) is 35.6 Å². The molecule has 0 fully saturated rings. The van der Waals surface area contributed by atoms with Gasteiger partial charge >= 0.3 is 0 Å². The standard InChI is InChI=1S/C46H41N11O15S6/c1-23-15-33(53-55-40-25(3)30(22-47)44-49-41-35(57(44)45(40)59)18-28(48-26(4)58)19-39(41)78(69,70)71)36(72-11-7-13-75(60,61)62)20-31(23)51-54-34-16-24(2)32(21-37(34)73-12-8-14-76(63,64)65)52-56-46-50-42-38(77(66,67)68)17-27-9-5-6-10-29(27)43(42)74-46/h5-6,9-10,15-21,59H,7-8,11-14H2,1-4H3,(H,48,58)(H,60,61,62)(H,63,64,65)(H,66,67,68)(H,69,70,71). The molecular formula is C46H41N11O15S6. The van der Waals surface area contributed by atoms with E-state index < -0.39 is 73.6 Å². The Morgan fingerprint density at radius 1 is 0.756 bits per heavy atom. The minimum absolute atomic E-state index is 0.00175. The third kappa shape index (κ3) is 12.8. The highest BCUT2D eigenvalue weighted by molar-refractivity contribution is 7.99. The zero-order valence-corrected chi connectivity index (χ0v) is 45.7. The van der Waals surface area contributed by atoms with Crippen LogP contribution in [0.15, 0.2) is 112 Å². The second-order valence-electron chi connectivity index (χ2n) is 17.1. The van der Waals surface area contributed by atoms with Gasteiger partial charge in [0.2, 0.25) is 16.9 Å². The van der Waals surface area contributed by atoms with E-state index in [9.17, 15) is 67.0 Å². The van der Waals surface area contributed by atoms with Crippen LogP contribution in [0.25, 0.3) is 37.7 Å². The van der Waals surface area contributed by atoms with Crippen molar-refractivity contribution >= 4 is 146 Å². The van der Waals surface area contributed by atoms with Crippen molar-refractivity contribution < 1.29 is 66.5 Å². The number of imidazole rings is 1. The number of aromatic nitrogens is 3. The van der Waals surface area contributed by atoms with Crippen LogP contribution in [-0.4, -0.2) is 101 Å². The number of carbonyl (C=O) groups excluding carboxylic acids is 1. The number of anilines is 1. The average molecular weight is 1180 g/mol. The van der Waals surface area contributed by atoms with Crippen LogP contribution in [-0.2, 0) is 45.3 Å². The fraction of sp³-hybridized carbons (Fsp3) is 0.217. The summed E-state index contributed by atoms with van der Waals surface area (Å²) in [6, 6.07) is 18.5. The monoisotopic (exact) mass is 1180 g/mol. The number of carbonyl (C=O) groups is 1. The highest BCUT2D eigenvalue weighted by atomic mass is 32.2. The van der Waals surface area contributed by atoms with Gasteiger partial charge in [0.1, 0.15) is 43.9 Å². The normalized spacial score (nSPS) is 12.8. The summed E-state index contributed by atoms with van der Waals surface area (Å²) < 4.78 is 142. The van der Waals surface area contributed by atoms with Crippen molar-refractivity contribution in [3.63, 3.8) is 0 Å². The summed E-state index contributed by atoms with van der Waals surface area (Å²) in [5.74, 6) is -2.38. The lowest BCUT2D eigenvalue weighted by molar-refractivity contribution is -0.114. The summed E-state index contributed by atoms with van der Waals surface area (Å²) in [6.45, 7) is 5.59. The lowest BCUT2D eigenvalue weighted by Crippen LogP contribution is -2.08. The van der Waals surface area contributed by atoms with E-state index in [0.29, 0.717) is 37.2 Å². The minimum atomic E-state index is -4.99. The second kappa shape index (κ2) is 22.1. The Hall–Kier alpha value is -7.45. The maximum absolute atomic E-state index is 12.5. The Morgan fingerprint density at radius 3 is 2.04 bits per heavy atom. The number of hydrogen-bond donors (Lipinski definition) is 6. The molecule has 0 aliphatic rings. The third-order valence-electron chi connectivity index (χ3n) is 11.4. The maximum Gasteiger partial charge on any atom is 0.296 e. The van der Waals surface area contributed by atoms with Gasteiger partial charge in [-0.05, 0) is 92.3 Å². The molecule has 26 nitrogen and oxygen atoms in total. The molecule has 0 saturated heterocycles. The number of amides is 1. The minimum Gasteiger partial charge on any atom is -0.493 e. The number of fused-ring (bicyclic) bond motifs is 6. The van der Waals surface area contributed by atoms with Crippen molar-refractivity contribution in [1.82, 2.24) is 14.4 Å². The van der Waals surface area contributed by atoms with E-state index in [4.69, 9.17) is 4.74 Å². The number of nitriles is 1. The summed E-state index contributed by atoms with van der Waals surface area (Å²) in [5, 5.41) is 52.0. The van der Waals surface area contributed by atoms with Gasteiger partial charge in [0.15, 0.2) is 11.3 Å². The van der Waals surface area contributed by atoms with Gasteiger partial charge in [0.05, 0.1) is 45.4 Å². The van der Waals surface area contributed by atoms with Crippen LogP contribution in [0.3, 0.4) is 0 Å². The van der Waals surface area contributed by atoms with Gasteiger partial charge in [0.25, 0.3) is 40.5 Å². The van der Waals surface area contributed by atoms with Gasteiger partial charge < -0.3 is 15.2 Å². The van der Waals surface area contributed by atoms with Crippen molar-refractivity contribution in [2.24, 2.45) is 30.7 Å². The highest BCUT2D eigenvalue weighted by Crippen LogP contribution is 2.44. The van der Waals surface area contributed by atoms with Crippen LogP contribution in [0.4, 0.5) is 39.3 Å². The second-order valence-corrected chi connectivity index (χ2v) is 25.1. The van der Waals surface area contributed by atoms with Crippen LogP contribution in [0, 0.1) is 32.1 Å². The summed E-state index contributed by atoms with van der Waals surface area (Å²) in [4.78, 5) is 19.9. The lowest BCUT2D eigenvalue weighted by Gasteiger charge is -2.12. The van der Waals surface area contributed by atoms with E-state index in [-0.39, 0.29) is 97.8 Å². The molecule has 0 aliphatic carbocycles. The largest absolute Gasteiger partial charge is 0.493 e. The number of benzene rings is 5. The number of aryl methyl sites for hydroxylation is 2. The molecule has 3 heterocycles. The van der Waals surface area contributed by atoms with Crippen molar-refractivity contribution in [3.05, 3.63) is 89.0 Å². The highest BCUT2D eigenvalue weighted by Gasteiger charge is 2.27. The predicted octanol–water partition coefficient (Wildman–Crippen LogP) is 10.5. The lowest BCUT2D eigenvalue weighted by atomic mass is 10.1. The number of nitrogens with one attached hydrogen (secondary N) is 1. The molecule has 0 bridgehead atoms. The predicted molar refractivity (Wildman–Crippen MR) is 288 cm³/mol. The number of thioether (sulfide) groups is 1. The maximum atomic E-state index is 12.5. The van der Waals surface area contributed by atoms with E-state index in [1.54, 1.807) is 50.2 Å². The van der Waals surface area contributed by atoms with Gasteiger partial charge in [-0.2, -0.15) is 44.0 Å². The fourth-order valence-electron chi connectivity index (χ4n) is 7.83. The van der Waals surface area contributed by atoms with E-state index in [2.05, 4.69) is 46.0 Å². The van der Waals surface area contributed by atoms with E-state index in [1.807, 2.05) is 6.07 Å². The van der Waals surface area contributed by atoms with Crippen molar-refractivity contribution in [2.75, 3.05) is 29.2 Å². The van der Waals surface area contributed by atoms with Gasteiger partial charge in [0, 0.05) is 34.5 Å². The van der Waals surface area contributed by atoms with Crippen LogP contribution in [0.5, 0.6) is 11.6 Å². The molecule has 8 aromatic rings. The van der Waals surface area contributed by atoms with Crippen LogP contribution < -0.4 is 10.1 Å². The van der Waals surface area contributed by atoms with Crippen molar-refractivity contribution in [1.29, 1.82) is 5.26 Å². The third-order valence-corrected chi connectivity index (χ3v) is 16.8. The summed E-state index contributed by atoms with van der Waals surface area (Å²) in [7, 11) is -18.4. The molecule has 0 radical (unpaired) electrons. The van der Waals surface area contributed by atoms with Crippen LogP contribution in [0.2, 0.25) is 0 Å². The zero-order chi connectivity index (χ0) is 56.6. The van der Waals surface area contributed by atoms with Crippen LogP contribution in [0.1, 0.15) is 42.0 Å². The number of aromatic hydroxyl groups is 1. The van der Waals surface area contributed by atoms with E-state index in [0.717, 1.165) is 40.5 Å². The molecule has 0 unspecified atom stereocenters. The molecule has 32 heteroatoms. The number of thiazole rings is 1. The van der Waals surface area contributed by atoms with Gasteiger partial charge in [-0.15, -0.1) is 37.3 Å². The first-order chi connectivity index (χ1) is 36.6. The fourth-order valence-corrected chi connectivity index (χ4v) is 12.3.